The van der Waals surface area contributed by atoms with Crippen molar-refractivity contribution < 1.29 is 26.2 Å². The van der Waals surface area contributed by atoms with Crippen LogP contribution >= 0.6 is 0 Å². The zero-order valence-electron chi connectivity index (χ0n) is 34.0. The number of fused-ring (bicyclic) bond motifs is 7. The van der Waals surface area contributed by atoms with E-state index in [0.29, 0.717) is 11.4 Å². The first kappa shape index (κ1) is 38.4. The maximum absolute atomic E-state index is 12.4. The van der Waals surface area contributed by atoms with Gasteiger partial charge in [-0.3, -0.25) is 9.55 Å². The van der Waals surface area contributed by atoms with Gasteiger partial charge in [-0.25, -0.2) is 4.98 Å². The molecule has 6 heteroatoms. The number of aryl methyl sites for hydroxylation is 3. The first-order chi connectivity index (χ1) is 26.7. The summed E-state index contributed by atoms with van der Waals surface area (Å²) < 4.78 is 4.53. The summed E-state index contributed by atoms with van der Waals surface area (Å²) >= 11 is 0. The molecule has 0 aliphatic carbocycles. The molecular weight excluding hydrogens is 880 g/mol. The van der Waals surface area contributed by atoms with E-state index in [1.807, 2.05) is 6.20 Å². The normalized spacial score (nSPS) is 12.2. The van der Waals surface area contributed by atoms with Gasteiger partial charge in [0.25, 0.3) is 0 Å². The molecule has 0 saturated heterocycles. The number of benzene rings is 5. The van der Waals surface area contributed by atoms with Gasteiger partial charge in [0.05, 0.1) is 22.3 Å². The molecule has 0 radical (unpaired) electrons. The van der Waals surface area contributed by atoms with Crippen molar-refractivity contribution in [2.45, 2.75) is 73.1 Å². The molecule has 9 rings (SSSR count). The largest absolute Gasteiger partial charge is 0.507 e. The van der Waals surface area contributed by atoms with Crippen LogP contribution in [0, 0.1) is 26.8 Å². The van der Waals surface area contributed by atoms with Crippen molar-refractivity contribution in [2.24, 2.45) is 0 Å². The van der Waals surface area contributed by atoms with Crippen molar-refractivity contribution in [3.63, 3.8) is 0 Å². The number of phenolic OH excluding ortho intramolecular Hbond substituents is 1. The van der Waals surface area contributed by atoms with Crippen LogP contribution in [0.5, 0.6) is 5.75 Å². The fraction of sp³-hybridized carbons (Fsp3) is 0.216. The zero-order valence-corrected chi connectivity index (χ0v) is 36.3. The Morgan fingerprint density at radius 1 is 0.667 bits per heavy atom. The molecule has 0 saturated carbocycles. The maximum atomic E-state index is 12.4. The van der Waals surface area contributed by atoms with Crippen molar-refractivity contribution in [1.82, 2.24) is 18.9 Å². The number of pyridine rings is 2. The van der Waals surface area contributed by atoms with E-state index in [1.165, 1.54) is 11.1 Å². The van der Waals surface area contributed by atoms with Gasteiger partial charge in [-0.05, 0) is 94.7 Å². The van der Waals surface area contributed by atoms with Gasteiger partial charge in [-0.15, -0.1) is 17.7 Å². The van der Waals surface area contributed by atoms with Crippen LogP contribution in [0.15, 0.2) is 116 Å². The van der Waals surface area contributed by atoms with Crippen molar-refractivity contribution in [2.75, 3.05) is 0 Å². The number of rotatable bonds is 4. The molecule has 1 N–H and O–H groups in total. The third kappa shape index (κ3) is 6.28. The van der Waals surface area contributed by atoms with Gasteiger partial charge >= 0.3 is 0 Å². The fourth-order valence-corrected chi connectivity index (χ4v) is 8.43. The van der Waals surface area contributed by atoms with E-state index in [0.717, 1.165) is 83.0 Å². The van der Waals surface area contributed by atoms with Crippen LogP contribution in [0.2, 0.25) is 0 Å². The molecule has 288 valence electrons. The first-order valence-electron chi connectivity index (χ1n) is 19.5. The van der Waals surface area contributed by atoms with Gasteiger partial charge in [-0.2, -0.15) is 0 Å². The molecule has 9 aromatic rings. The Balaban J connectivity index is 0.00000455. The van der Waals surface area contributed by atoms with Gasteiger partial charge in [0, 0.05) is 55.6 Å². The third-order valence-corrected chi connectivity index (χ3v) is 11.4. The third-order valence-electron chi connectivity index (χ3n) is 11.4. The second-order valence-electron chi connectivity index (χ2n) is 17.5. The number of para-hydroxylation sites is 1. The summed E-state index contributed by atoms with van der Waals surface area (Å²) in [6.07, 6.45) is 4.03. The molecule has 57 heavy (non-hydrogen) atoms. The van der Waals surface area contributed by atoms with Gasteiger partial charge in [0.15, 0.2) is 0 Å². The molecule has 0 unspecified atom stereocenters. The Bertz CT molecular complexity index is 3030. The Morgan fingerprint density at radius 2 is 1.42 bits per heavy atom. The molecule has 0 aliphatic rings. The number of nitrogens with zero attached hydrogens (tertiary/aromatic N) is 4. The number of phenols is 1. The van der Waals surface area contributed by atoms with Crippen molar-refractivity contribution in [3.05, 3.63) is 149 Å². The van der Waals surface area contributed by atoms with E-state index in [9.17, 15) is 5.11 Å². The summed E-state index contributed by atoms with van der Waals surface area (Å²) in [4.78, 5) is 10.5. The van der Waals surface area contributed by atoms with Crippen molar-refractivity contribution in [3.8, 4) is 45.1 Å². The van der Waals surface area contributed by atoms with Crippen LogP contribution in [-0.2, 0) is 31.9 Å². The number of aromatic nitrogens is 4. The van der Waals surface area contributed by atoms with E-state index in [1.54, 1.807) is 0 Å². The minimum Gasteiger partial charge on any atom is -0.507 e. The smallest absolute Gasteiger partial charge is 0.148 e. The van der Waals surface area contributed by atoms with Crippen LogP contribution in [-0.4, -0.2) is 24.0 Å². The fourth-order valence-electron chi connectivity index (χ4n) is 8.43. The van der Waals surface area contributed by atoms with Crippen LogP contribution in [0.1, 0.15) is 69.4 Å². The summed E-state index contributed by atoms with van der Waals surface area (Å²) in [6, 6.07) is 40.3. The molecule has 4 aromatic heterocycles. The van der Waals surface area contributed by atoms with Crippen LogP contribution < -0.4 is 0 Å². The second kappa shape index (κ2) is 13.8. The van der Waals surface area contributed by atoms with Crippen molar-refractivity contribution >= 4 is 38.4 Å². The summed E-state index contributed by atoms with van der Waals surface area (Å²) in [5, 5.41) is 14.5. The number of hydrogen-bond donors (Lipinski definition) is 1. The summed E-state index contributed by atoms with van der Waals surface area (Å²) in [5.74, 6) is 0.950. The minimum atomic E-state index is -0.307. The molecule has 0 atom stereocenters. The van der Waals surface area contributed by atoms with Gasteiger partial charge in [-0.1, -0.05) is 125 Å². The molecule has 0 amide bonds. The summed E-state index contributed by atoms with van der Waals surface area (Å²) in [5.41, 5.74) is 15.9. The zero-order chi connectivity index (χ0) is 39.3. The maximum Gasteiger partial charge on any atom is 0.148 e. The molecule has 5 aromatic carbocycles. The summed E-state index contributed by atoms with van der Waals surface area (Å²) in [6.45, 7) is 19.6. The molecule has 0 spiro atoms. The van der Waals surface area contributed by atoms with E-state index < -0.39 is 0 Å². The van der Waals surface area contributed by atoms with E-state index in [-0.39, 0.29) is 37.6 Å². The van der Waals surface area contributed by atoms with Gasteiger partial charge < -0.3 is 9.51 Å². The second-order valence-corrected chi connectivity index (χ2v) is 17.5. The quantitative estimate of drug-likeness (QED) is 0.141. The van der Waals surface area contributed by atoms with Crippen LogP contribution in [0.3, 0.4) is 0 Å². The molecule has 0 fully saturated rings. The summed E-state index contributed by atoms with van der Waals surface area (Å²) in [7, 11) is 0. The number of imidazole rings is 1. The van der Waals surface area contributed by atoms with Crippen LogP contribution in [0.25, 0.3) is 77.7 Å². The Morgan fingerprint density at radius 3 is 2.16 bits per heavy atom. The Kier molecular flexibility index (Phi) is 9.32. The SMILES string of the molecule is Cc1ccc(-n2c(-c3cc(C(C)(C)C)cc(C(C)(C)C)c3O)nc3c(-c4[c-]c5c6nccc(C)c6c6cccn6c5c(C)c4)cccc32)c(-c2ccccc2)c1.[Pt]. The Hall–Kier alpha value is -5.51. The molecule has 0 aliphatic heterocycles. The van der Waals surface area contributed by atoms with E-state index in [2.05, 4.69) is 187 Å². The monoisotopic (exact) mass is 926 g/mol. The van der Waals surface area contributed by atoms with Crippen LogP contribution in [0.4, 0.5) is 0 Å². The van der Waals surface area contributed by atoms with Gasteiger partial charge in [0.2, 0.25) is 0 Å². The number of aromatic hydroxyl groups is 1. The minimum absolute atomic E-state index is 0. The van der Waals surface area contributed by atoms with E-state index in [4.69, 9.17) is 9.97 Å². The molecular formula is C51H47N4OPt-. The van der Waals surface area contributed by atoms with Crippen molar-refractivity contribution in [1.29, 1.82) is 0 Å². The van der Waals surface area contributed by atoms with E-state index >= 15 is 0 Å². The average molecular weight is 927 g/mol. The topological polar surface area (TPSA) is 55.3 Å². The first-order valence-corrected chi connectivity index (χ1v) is 19.5. The number of hydrogen-bond acceptors (Lipinski definition) is 3. The average Bonchev–Trinajstić information content (AvgIpc) is 3.80. The molecule has 4 heterocycles. The predicted molar refractivity (Wildman–Crippen MR) is 233 cm³/mol. The van der Waals surface area contributed by atoms with Gasteiger partial charge in [0.1, 0.15) is 11.6 Å². The predicted octanol–water partition coefficient (Wildman–Crippen LogP) is 13.0. The Labute approximate surface area is 349 Å². The standard InChI is InChI=1S/C51H47N4O.Pt/c1-30-20-21-41(37(25-30)33-15-11-10-12-16-33)55-43-18-13-17-36(45(43)53-49(55)39-28-35(50(4,5)6)29-40(48(39)56)51(7,8)9)34-26-32(3)47-38(27-34)46-44(31(2)22-23-52-46)42-19-14-24-54(42)47;/h10-26,28-29,56H,1-9H3;/q-1;. The molecule has 5 nitrogen and oxygen atoms in total. The molecule has 0 bridgehead atoms.